The van der Waals surface area contributed by atoms with E-state index in [0.717, 1.165) is 5.56 Å². The lowest BCUT2D eigenvalue weighted by Crippen LogP contribution is -2.14. The van der Waals surface area contributed by atoms with Crippen LogP contribution in [0.5, 0.6) is 0 Å². The number of anilines is 2. The minimum Gasteiger partial charge on any atom is -0.372 e. The number of aryl methyl sites for hydroxylation is 1. The largest absolute Gasteiger partial charge is 0.372 e. The van der Waals surface area contributed by atoms with Gasteiger partial charge in [-0.1, -0.05) is 17.7 Å². The third-order valence-electron chi connectivity index (χ3n) is 2.51. The van der Waals surface area contributed by atoms with Crippen LogP contribution in [0.2, 0.25) is 5.02 Å². The second-order valence-corrected chi connectivity index (χ2v) is 6.17. The Bertz CT molecular complexity index is 717. The van der Waals surface area contributed by atoms with Gasteiger partial charge in [0.05, 0.1) is 5.02 Å². The average molecular weight is 313 g/mol. The Labute approximate surface area is 122 Å². The number of sulfonamides is 1. The number of aromatic nitrogens is 2. The minimum absolute atomic E-state index is 0.0242. The fourth-order valence-electron chi connectivity index (χ4n) is 1.48. The lowest BCUT2D eigenvalue weighted by molar-refractivity contribution is 0.600. The lowest BCUT2D eigenvalue weighted by Gasteiger charge is -2.09. The van der Waals surface area contributed by atoms with Crippen molar-refractivity contribution in [1.82, 2.24) is 9.97 Å². The van der Waals surface area contributed by atoms with Gasteiger partial charge < -0.3 is 5.32 Å². The van der Waals surface area contributed by atoms with Crippen LogP contribution in [0.25, 0.3) is 0 Å². The molecule has 2 aromatic heterocycles. The zero-order valence-electron chi connectivity index (χ0n) is 10.9. The molecule has 0 saturated carbocycles. The van der Waals surface area contributed by atoms with Gasteiger partial charge in [-0.25, -0.2) is 18.4 Å². The first-order chi connectivity index (χ1) is 9.42. The van der Waals surface area contributed by atoms with Gasteiger partial charge in [-0.15, -0.1) is 0 Å². The summed E-state index contributed by atoms with van der Waals surface area (Å²) in [4.78, 5) is 7.90. The number of nitrogens with zero attached hydrogens (tertiary/aromatic N) is 2. The van der Waals surface area contributed by atoms with Crippen molar-refractivity contribution in [3.05, 3.63) is 41.2 Å². The zero-order valence-corrected chi connectivity index (χ0v) is 12.5. The van der Waals surface area contributed by atoms with E-state index in [1.54, 1.807) is 25.4 Å². The van der Waals surface area contributed by atoms with E-state index < -0.39 is 10.0 Å². The Kier molecular flexibility index (Phi) is 4.10. The number of hydrogen-bond donors (Lipinski definition) is 2. The highest BCUT2D eigenvalue weighted by molar-refractivity contribution is 7.92. The van der Waals surface area contributed by atoms with Crippen molar-refractivity contribution >= 4 is 33.3 Å². The predicted molar refractivity (Wildman–Crippen MR) is 78.6 cm³/mol. The molecule has 6 nitrogen and oxygen atoms in total. The molecule has 0 aromatic carbocycles. The van der Waals surface area contributed by atoms with Crippen molar-refractivity contribution in [1.29, 1.82) is 0 Å². The summed E-state index contributed by atoms with van der Waals surface area (Å²) in [5.41, 5.74) is 0.941. The summed E-state index contributed by atoms with van der Waals surface area (Å²) >= 11 is 5.93. The van der Waals surface area contributed by atoms with Gasteiger partial charge >= 0.3 is 0 Å². The van der Waals surface area contributed by atoms with Crippen molar-refractivity contribution in [3.63, 3.8) is 0 Å². The molecule has 0 fully saturated rings. The van der Waals surface area contributed by atoms with Crippen LogP contribution in [0.1, 0.15) is 5.56 Å². The molecule has 2 N–H and O–H groups in total. The van der Waals surface area contributed by atoms with Crippen LogP contribution in [0.3, 0.4) is 0 Å². The Hall–Kier alpha value is -1.86. The maximum Gasteiger partial charge on any atom is 0.264 e. The van der Waals surface area contributed by atoms with Gasteiger partial charge in [0.1, 0.15) is 16.5 Å². The normalized spacial score (nSPS) is 11.2. The molecule has 0 unspecified atom stereocenters. The first kappa shape index (κ1) is 14.5. The second-order valence-electron chi connectivity index (χ2n) is 4.08. The van der Waals surface area contributed by atoms with E-state index in [2.05, 4.69) is 20.0 Å². The summed E-state index contributed by atoms with van der Waals surface area (Å²) < 4.78 is 26.7. The summed E-state index contributed by atoms with van der Waals surface area (Å²) in [6, 6.07) is 4.68. The molecular formula is C12H13ClN4O2S. The van der Waals surface area contributed by atoms with Gasteiger partial charge in [-0.3, -0.25) is 4.72 Å². The van der Waals surface area contributed by atoms with Crippen LogP contribution >= 0.6 is 11.6 Å². The summed E-state index contributed by atoms with van der Waals surface area (Å²) in [5.74, 6) is 0.656. The smallest absolute Gasteiger partial charge is 0.264 e. The van der Waals surface area contributed by atoms with Crippen molar-refractivity contribution in [3.8, 4) is 0 Å². The quantitative estimate of drug-likeness (QED) is 0.905. The van der Waals surface area contributed by atoms with E-state index in [4.69, 9.17) is 11.6 Å². The van der Waals surface area contributed by atoms with E-state index >= 15 is 0 Å². The summed E-state index contributed by atoms with van der Waals surface area (Å²) in [5, 5.41) is 2.99. The molecule has 0 radical (unpaired) electrons. The lowest BCUT2D eigenvalue weighted by atomic mass is 10.3. The maximum absolute atomic E-state index is 12.2. The molecule has 0 aliphatic rings. The third-order valence-corrected chi connectivity index (χ3v) is 4.12. The highest BCUT2D eigenvalue weighted by atomic mass is 35.5. The van der Waals surface area contributed by atoms with Gasteiger partial charge in [0.2, 0.25) is 0 Å². The number of hydrogen-bond acceptors (Lipinski definition) is 5. The summed E-state index contributed by atoms with van der Waals surface area (Å²) in [6.07, 6.45) is 2.81. The molecule has 0 spiro atoms. The van der Waals surface area contributed by atoms with Gasteiger partial charge in [0, 0.05) is 19.4 Å². The monoisotopic (exact) mass is 312 g/mol. The Balaban J connectivity index is 2.30. The first-order valence-corrected chi connectivity index (χ1v) is 7.57. The predicted octanol–water partition coefficient (Wildman–Crippen LogP) is 2.28. The van der Waals surface area contributed by atoms with Crippen LogP contribution in [0.15, 0.2) is 35.5 Å². The number of rotatable bonds is 4. The van der Waals surface area contributed by atoms with Gasteiger partial charge in [-0.05, 0) is 24.6 Å². The molecule has 0 amide bonds. The number of nitrogens with one attached hydrogen (secondary N) is 2. The number of halogens is 1. The van der Waals surface area contributed by atoms with Crippen LogP contribution in [0, 0.1) is 6.92 Å². The first-order valence-electron chi connectivity index (χ1n) is 5.71. The Morgan fingerprint density at radius 2 is 1.95 bits per heavy atom. The topological polar surface area (TPSA) is 84.0 Å². The molecule has 0 aliphatic heterocycles. The van der Waals surface area contributed by atoms with Gasteiger partial charge in [0.15, 0.2) is 0 Å². The SMILES string of the molecule is CNc1ncc(S(=O)(=O)Nc2ccc(C)cn2)cc1Cl. The van der Waals surface area contributed by atoms with Crippen molar-refractivity contribution in [2.24, 2.45) is 0 Å². The average Bonchev–Trinajstić information content (AvgIpc) is 2.41. The fourth-order valence-corrected chi connectivity index (χ4v) is 2.78. The number of pyridine rings is 2. The Morgan fingerprint density at radius 3 is 2.50 bits per heavy atom. The van der Waals surface area contributed by atoms with Crippen LogP contribution < -0.4 is 10.0 Å². The molecule has 0 aliphatic carbocycles. The van der Waals surface area contributed by atoms with Crippen LogP contribution in [-0.4, -0.2) is 25.4 Å². The zero-order chi connectivity index (χ0) is 14.8. The van der Waals surface area contributed by atoms with Crippen LogP contribution in [0.4, 0.5) is 11.6 Å². The fraction of sp³-hybridized carbons (Fsp3) is 0.167. The molecule has 2 rings (SSSR count). The molecule has 8 heteroatoms. The molecule has 106 valence electrons. The van der Waals surface area contributed by atoms with Gasteiger partial charge in [-0.2, -0.15) is 0 Å². The molecule has 20 heavy (non-hydrogen) atoms. The minimum atomic E-state index is -3.76. The van der Waals surface area contributed by atoms with E-state index in [1.165, 1.54) is 12.3 Å². The highest BCUT2D eigenvalue weighted by Gasteiger charge is 2.17. The molecule has 2 heterocycles. The second kappa shape index (κ2) is 5.64. The molecule has 0 saturated heterocycles. The highest BCUT2D eigenvalue weighted by Crippen LogP contribution is 2.23. The summed E-state index contributed by atoms with van der Waals surface area (Å²) in [6.45, 7) is 1.87. The van der Waals surface area contributed by atoms with Crippen molar-refractivity contribution < 1.29 is 8.42 Å². The standard InChI is InChI=1S/C12H13ClN4O2S/c1-8-3-4-11(15-6-8)17-20(18,19)9-5-10(13)12(14-2)16-7-9/h3-7H,1-2H3,(H,14,16)(H,15,17). The molecular weight excluding hydrogens is 300 g/mol. The molecule has 2 aromatic rings. The summed E-state index contributed by atoms with van der Waals surface area (Å²) in [7, 11) is -2.11. The van der Waals surface area contributed by atoms with E-state index in [1.807, 2.05) is 6.92 Å². The Morgan fingerprint density at radius 1 is 1.20 bits per heavy atom. The van der Waals surface area contributed by atoms with Crippen molar-refractivity contribution in [2.75, 3.05) is 17.1 Å². The van der Waals surface area contributed by atoms with Gasteiger partial charge in [0.25, 0.3) is 10.0 Å². The molecule has 0 atom stereocenters. The third kappa shape index (κ3) is 3.17. The van der Waals surface area contributed by atoms with E-state index in [9.17, 15) is 8.42 Å². The van der Waals surface area contributed by atoms with Crippen LogP contribution in [-0.2, 0) is 10.0 Å². The van der Waals surface area contributed by atoms with E-state index in [-0.39, 0.29) is 15.7 Å². The molecule has 0 bridgehead atoms. The van der Waals surface area contributed by atoms with Crippen molar-refractivity contribution in [2.45, 2.75) is 11.8 Å². The maximum atomic E-state index is 12.2. The van der Waals surface area contributed by atoms with E-state index in [0.29, 0.717) is 5.82 Å².